The van der Waals surface area contributed by atoms with E-state index in [-0.39, 0.29) is 10.8 Å². The van der Waals surface area contributed by atoms with Gasteiger partial charge < -0.3 is 14.0 Å². The van der Waals surface area contributed by atoms with Crippen molar-refractivity contribution in [1.29, 1.82) is 0 Å². The summed E-state index contributed by atoms with van der Waals surface area (Å²) in [6, 6.07) is 10.1. The van der Waals surface area contributed by atoms with Crippen LogP contribution in [0.1, 0.15) is 13.3 Å². The quantitative estimate of drug-likeness (QED) is 0.492. The van der Waals surface area contributed by atoms with Gasteiger partial charge in [-0.05, 0) is 36.2 Å². The summed E-state index contributed by atoms with van der Waals surface area (Å²) in [5, 5.41) is 0.717. The summed E-state index contributed by atoms with van der Waals surface area (Å²) in [5.41, 5.74) is 1.30. The zero-order valence-corrected chi connectivity index (χ0v) is 16.9. The Morgan fingerprint density at radius 2 is 1.89 bits per heavy atom. The van der Waals surface area contributed by atoms with E-state index >= 15 is 0 Å². The summed E-state index contributed by atoms with van der Waals surface area (Å²) in [7, 11) is 1.58. The summed E-state index contributed by atoms with van der Waals surface area (Å²) >= 11 is 3.44. The first kappa shape index (κ1) is 19.4. The van der Waals surface area contributed by atoms with Gasteiger partial charge >= 0.3 is 0 Å². The lowest BCUT2D eigenvalue weighted by atomic mass is 10.0. The lowest BCUT2D eigenvalue weighted by molar-refractivity contribution is 0.319. The number of methoxy groups -OCH3 is 1. The van der Waals surface area contributed by atoms with Crippen molar-refractivity contribution in [3.8, 4) is 22.6 Å². The summed E-state index contributed by atoms with van der Waals surface area (Å²) in [6.07, 6.45) is 2.59. The molecule has 0 saturated carbocycles. The van der Waals surface area contributed by atoms with Crippen molar-refractivity contribution >= 4 is 26.8 Å². The molecule has 0 saturated heterocycles. The van der Waals surface area contributed by atoms with E-state index in [1.165, 1.54) is 6.07 Å². The zero-order chi connectivity index (χ0) is 19.4. The third kappa shape index (κ3) is 3.86. The average Bonchev–Trinajstić information content (AvgIpc) is 2.69. The molecule has 2 aromatic carbocycles. The highest BCUT2D eigenvalue weighted by molar-refractivity contribution is 9.09. The smallest absolute Gasteiger partial charge is 0.200 e. The molecule has 0 N–H and O–H groups in total. The van der Waals surface area contributed by atoms with E-state index in [1.54, 1.807) is 43.6 Å². The summed E-state index contributed by atoms with van der Waals surface area (Å²) in [6.45, 7) is 3.08. The molecule has 0 radical (unpaired) electrons. The van der Waals surface area contributed by atoms with Gasteiger partial charge in [0.2, 0.25) is 0 Å². The molecule has 0 fully saturated rings. The van der Waals surface area contributed by atoms with Gasteiger partial charge in [-0.3, -0.25) is 4.79 Å². The van der Waals surface area contributed by atoms with Gasteiger partial charge in [-0.15, -0.1) is 0 Å². The molecule has 3 aromatic rings. The minimum atomic E-state index is -0.544. The first-order chi connectivity index (χ1) is 13.1. The van der Waals surface area contributed by atoms with Crippen molar-refractivity contribution in [3.05, 3.63) is 58.6 Å². The second-order valence-corrected chi connectivity index (χ2v) is 6.89. The number of fused-ring (bicyclic) bond motifs is 1. The molecule has 0 aliphatic carbocycles. The van der Waals surface area contributed by atoms with Crippen LogP contribution in [-0.4, -0.2) is 23.6 Å². The van der Waals surface area contributed by atoms with Crippen LogP contribution in [0.2, 0.25) is 0 Å². The number of pyridine rings is 1. The van der Waals surface area contributed by atoms with E-state index in [9.17, 15) is 9.18 Å². The number of aryl methyl sites for hydroxylation is 1. The van der Waals surface area contributed by atoms with Crippen molar-refractivity contribution in [2.45, 2.75) is 19.9 Å². The van der Waals surface area contributed by atoms with E-state index in [0.29, 0.717) is 46.6 Å². The van der Waals surface area contributed by atoms with Gasteiger partial charge in [-0.1, -0.05) is 35.0 Å². The van der Waals surface area contributed by atoms with Gasteiger partial charge in [0, 0.05) is 23.6 Å². The van der Waals surface area contributed by atoms with Crippen LogP contribution < -0.4 is 14.9 Å². The van der Waals surface area contributed by atoms with Gasteiger partial charge in [0.05, 0.1) is 24.6 Å². The molecule has 6 heteroatoms. The van der Waals surface area contributed by atoms with E-state index in [0.717, 1.165) is 6.42 Å². The highest BCUT2D eigenvalue weighted by Gasteiger charge is 2.18. The number of benzene rings is 2. The molecule has 1 aromatic heterocycles. The maximum atomic E-state index is 14.7. The van der Waals surface area contributed by atoms with Crippen LogP contribution in [0.15, 0.2) is 47.4 Å². The van der Waals surface area contributed by atoms with E-state index in [1.807, 2.05) is 11.5 Å². The Kier molecular flexibility index (Phi) is 6.16. The average molecular weight is 434 g/mol. The van der Waals surface area contributed by atoms with Gasteiger partial charge in [-0.25, -0.2) is 4.39 Å². The number of halogens is 2. The molecule has 3 rings (SSSR count). The highest BCUT2D eigenvalue weighted by atomic mass is 79.9. The second kappa shape index (κ2) is 8.57. The monoisotopic (exact) mass is 433 g/mol. The van der Waals surface area contributed by atoms with Crippen LogP contribution in [-0.2, 0) is 6.54 Å². The first-order valence-electron chi connectivity index (χ1n) is 8.79. The molecule has 0 atom stereocenters. The first-order valence-corrected chi connectivity index (χ1v) is 9.91. The third-order valence-corrected chi connectivity index (χ3v) is 4.68. The number of hydrogen-bond donors (Lipinski definition) is 0. The van der Waals surface area contributed by atoms with Gasteiger partial charge in [0.25, 0.3) is 0 Å². The summed E-state index contributed by atoms with van der Waals surface area (Å²) in [4.78, 5) is 13.1. The molecule has 0 bridgehead atoms. The maximum absolute atomic E-state index is 14.7. The van der Waals surface area contributed by atoms with Crippen LogP contribution in [0, 0.1) is 5.82 Å². The van der Waals surface area contributed by atoms with Crippen molar-refractivity contribution in [2.24, 2.45) is 0 Å². The van der Waals surface area contributed by atoms with Crippen molar-refractivity contribution in [1.82, 2.24) is 4.57 Å². The van der Waals surface area contributed by atoms with Crippen molar-refractivity contribution in [2.75, 3.05) is 19.0 Å². The van der Waals surface area contributed by atoms with Crippen molar-refractivity contribution < 1.29 is 13.9 Å². The minimum absolute atomic E-state index is 0.0536. The lowest BCUT2D eigenvalue weighted by Crippen LogP contribution is -2.15. The van der Waals surface area contributed by atoms with E-state index in [4.69, 9.17) is 9.47 Å². The Labute approximate surface area is 165 Å². The number of rotatable bonds is 7. The Morgan fingerprint density at radius 3 is 2.52 bits per heavy atom. The molecule has 27 heavy (non-hydrogen) atoms. The SMILES string of the molecule is CCCOc1ccc(F)c2c(=O)c(-c3ccc(OC)cc3)cn(CCBr)c12. The van der Waals surface area contributed by atoms with E-state index in [2.05, 4.69) is 15.9 Å². The van der Waals surface area contributed by atoms with Crippen molar-refractivity contribution in [3.63, 3.8) is 0 Å². The number of aromatic nitrogens is 1. The Morgan fingerprint density at radius 1 is 1.15 bits per heavy atom. The minimum Gasteiger partial charge on any atom is -0.497 e. The molecule has 0 aliphatic heterocycles. The van der Waals surface area contributed by atoms with Crippen LogP contribution in [0.25, 0.3) is 22.0 Å². The number of alkyl halides is 1. The maximum Gasteiger partial charge on any atom is 0.200 e. The molecule has 0 amide bonds. The van der Waals surface area contributed by atoms with Crippen LogP contribution in [0.4, 0.5) is 4.39 Å². The third-order valence-electron chi connectivity index (χ3n) is 4.32. The van der Waals surface area contributed by atoms with Gasteiger partial charge in [0.1, 0.15) is 17.3 Å². The molecule has 0 unspecified atom stereocenters. The normalized spacial score (nSPS) is 11.0. The molecule has 1 heterocycles. The van der Waals surface area contributed by atoms with Crippen LogP contribution in [0.3, 0.4) is 0 Å². The topological polar surface area (TPSA) is 40.5 Å². The highest BCUT2D eigenvalue weighted by Crippen LogP contribution is 2.29. The number of ether oxygens (including phenoxy) is 2. The molecule has 4 nitrogen and oxygen atoms in total. The van der Waals surface area contributed by atoms with Gasteiger partial charge in [-0.2, -0.15) is 0 Å². The molecular weight excluding hydrogens is 413 g/mol. The predicted molar refractivity (Wildman–Crippen MR) is 110 cm³/mol. The fraction of sp³-hybridized carbons (Fsp3) is 0.286. The van der Waals surface area contributed by atoms with Gasteiger partial charge in [0.15, 0.2) is 5.43 Å². The standard InChI is InChI=1S/C21H21BrFNO3/c1-3-12-27-18-9-8-17(23)19-20(18)24(11-10-22)13-16(21(19)25)14-4-6-15(26-2)7-5-14/h4-9,13H,3,10-12H2,1-2H3. The molecule has 0 spiro atoms. The zero-order valence-electron chi connectivity index (χ0n) is 15.3. The fourth-order valence-electron chi connectivity index (χ4n) is 3.03. The number of nitrogens with zero attached hydrogens (tertiary/aromatic N) is 1. The fourth-order valence-corrected chi connectivity index (χ4v) is 3.42. The molecular formula is C21H21BrFNO3. The summed E-state index contributed by atoms with van der Waals surface area (Å²) < 4.78 is 27.5. The molecule has 0 aliphatic rings. The Bertz CT molecular complexity index is 999. The van der Waals surface area contributed by atoms with Crippen LogP contribution in [0.5, 0.6) is 11.5 Å². The Balaban J connectivity index is 2.29. The largest absolute Gasteiger partial charge is 0.497 e. The summed E-state index contributed by atoms with van der Waals surface area (Å²) in [5.74, 6) is 0.673. The van der Waals surface area contributed by atoms with Crippen LogP contribution >= 0.6 is 15.9 Å². The van der Waals surface area contributed by atoms with E-state index < -0.39 is 5.82 Å². The Hall–Kier alpha value is -2.34. The lowest BCUT2D eigenvalue weighted by Gasteiger charge is -2.17. The second-order valence-electron chi connectivity index (χ2n) is 6.10. The number of hydrogen-bond acceptors (Lipinski definition) is 3. The predicted octanol–water partition coefficient (Wildman–Crippen LogP) is 5.00. The molecule has 142 valence electrons.